The predicted molar refractivity (Wildman–Crippen MR) is 48.7 cm³/mol. The van der Waals surface area contributed by atoms with E-state index in [1.807, 2.05) is 0 Å². The Balaban J connectivity index is 2.39. The summed E-state index contributed by atoms with van der Waals surface area (Å²) in [4.78, 5) is 11.5. The van der Waals surface area contributed by atoms with Gasteiger partial charge >= 0.3 is 0 Å². The third kappa shape index (κ3) is 0.720. The molecular formula is C11H16O. The van der Waals surface area contributed by atoms with E-state index in [0.717, 1.165) is 0 Å². The van der Waals surface area contributed by atoms with E-state index < -0.39 is 0 Å². The van der Waals surface area contributed by atoms with E-state index in [4.69, 9.17) is 0 Å². The number of fused-ring (bicyclic) bond motifs is 2. The molecule has 1 nitrogen and oxygen atoms in total. The lowest BCUT2D eigenvalue weighted by Crippen LogP contribution is -2.36. The van der Waals surface area contributed by atoms with Gasteiger partial charge in [-0.1, -0.05) is 26.0 Å². The molecular weight excluding hydrogens is 148 g/mol. The SMILES string of the molecule is CC(=O)C1(C)C2C=CC(C2)C1C. The maximum absolute atomic E-state index is 11.5. The van der Waals surface area contributed by atoms with E-state index in [1.54, 1.807) is 6.92 Å². The minimum atomic E-state index is -0.0561. The van der Waals surface area contributed by atoms with Crippen molar-refractivity contribution < 1.29 is 4.79 Å². The second-order valence-corrected chi connectivity index (χ2v) is 4.52. The molecule has 1 fully saturated rings. The lowest BCUT2D eigenvalue weighted by molar-refractivity contribution is -0.129. The largest absolute Gasteiger partial charge is 0.299 e. The highest BCUT2D eigenvalue weighted by molar-refractivity contribution is 5.83. The normalized spacial score (nSPS) is 50.1. The van der Waals surface area contributed by atoms with Crippen LogP contribution in [0.4, 0.5) is 0 Å². The highest BCUT2D eigenvalue weighted by atomic mass is 16.1. The zero-order valence-corrected chi connectivity index (χ0v) is 8.00. The molecule has 2 aliphatic carbocycles. The molecule has 0 radical (unpaired) electrons. The molecule has 0 aromatic carbocycles. The van der Waals surface area contributed by atoms with Crippen molar-refractivity contribution in [3.63, 3.8) is 0 Å². The fourth-order valence-electron chi connectivity index (χ4n) is 2.91. The molecule has 12 heavy (non-hydrogen) atoms. The molecule has 1 heteroatoms. The van der Waals surface area contributed by atoms with Crippen LogP contribution >= 0.6 is 0 Å². The van der Waals surface area contributed by atoms with Gasteiger partial charge in [0.1, 0.15) is 5.78 Å². The van der Waals surface area contributed by atoms with Gasteiger partial charge in [-0.15, -0.1) is 0 Å². The Labute approximate surface area is 73.8 Å². The van der Waals surface area contributed by atoms with E-state index in [9.17, 15) is 4.79 Å². The van der Waals surface area contributed by atoms with Crippen LogP contribution in [0.15, 0.2) is 12.2 Å². The number of carbonyl (C=O) groups excluding carboxylic acids is 1. The molecule has 2 aliphatic rings. The van der Waals surface area contributed by atoms with Gasteiger partial charge in [0.2, 0.25) is 0 Å². The molecule has 0 amide bonds. The van der Waals surface area contributed by atoms with Crippen molar-refractivity contribution in [2.24, 2.45) is 23.2 Å². The summed E-state index contributed by atoms with van der Waals surface area (Å²) in [6.07, 6.45) is 5.74. The van der Waals surface area contributed by atoms with Gasteiger partial charge in [-0.05, 0) is 31.1 Å². The van der Waals surface area contributed by atoms with Crippen molar-refractivity contribution in [2.75, 3.05) is 0 Å². The Morgan fingerprint density at radius 3 is 2.50 bits per heavy atom. The van der Waals surface area contributed by atoms with E-state index in [-0.39, 0.29) is 5.41 Å². The number of rotatable bonds is 1. The number of hydrogen-bond acceptors (Lipinski definition) is 1. The number of carbonyl (C=O) groups is 1. The second kappa shape index (κ2) is 2.21. The van der Waals surface area contributed by atoms with Gasteiger partial charge in [-0.3, -0.25) is 4.79 Å². The third-order valence-corrected chi connectivity index (χ3v) is 4.23. The van der Waals surface area contributed by atoms with Gasteiger partial charge in [0, 0.05) is 5.41 Å². The van der Waals surface area contributed by atoms with Gasteiger partial charge in [0.25, 0.3) is 0 Å². The summed E-state index contributed by atoms with van der Waals surface area (Å²) >= 11 is 0. The minimum Gasteiger partial charge on any atom is -0.299 e. The van der Waals surface area contributed by atoms with Crippen molar-refractivity contribution in [1.29, 1.82) is 0 Å². The van der Waals surface area contributed by atoms with Gasteiger partial charge in [0.15, 0.2) is 0 Å². The maximum Gasteiger partial charge on any atom is 0.136 e. The first kappa shape index (κ1) is 8.03. The molecule has 4 unspecified atom stereocenters. The minimum absolute atomic E-state index is 0.0561. The number of Topliss-reactive ketones (excluding diaryl/α,β-unsaturated/α-hetero) is 1. The lowest BCUT2D eigenvalue weighted by atomic mass is 9.68. The molecule has 0 aromatic heterocycles. The summed E-state index contributed by atoms with van der Waals surface area (Å²) in [6, 6.07) is 0. The zero-order valence-electron chi connectivity index (χ0n) is 8.00. The Morgan fingerprint density at radius 2 is 2.17 bits per heavy atom. The van der Waals surface area contributed by atoms with Crippen molar-refractivity contribution in [3.05, 3.63) is 12.2 Å². The standard InChI is InChI=1S/C11H16O/c1-7-9-4-5-10(6-9)11(7,3)8(2)12/h4-5,7,9-10H,6H2,1-3H3. The third-order valence-electron chi connectivity index (χ3n) is 4.23. The first-order valence-corrected chi connectivity index (χ1v) is 4.76. The van der Waals surface area contributed by atoms with Gasteiger partial charge < -0.3 is 0 Å². The number of hydrogen-bond donors (Lipinski definition) is 0. The molecule has 0 saturated heterocycles. The summed E-state index contributed by atoms with van der Waals surface area (Å²) < 4.78 is 0. The van der Waals surface area contributed by atoms with Crippen LogP contribution in [0.3, 0.4) is 0 Å². The fourth-order valence-corrected chi connectivity index (χ4v) is 2.91. The highest BCUT2D eigenvalue weighted by Crippen LogP contribution is 2.56. The fraction of sp³-hybridized carbons (Fsp3) is 0.727. The van der Waals surface area contributed by atoms with Crippen LogP contribution in [0.1, 0.15) is 27.2 Å². The summed E-state index contributed by atoms with van der Waals surface area (Å²) in [7, 11) is 0. The molecule has 0 heterocycles. The first-order valence-electron chi connectivity index (χ1n) is 4.76. The van der Waals surface area contributed by atoms with Gasteiger partial charge in [-0.2, -0.15) is 0 Å². The summed E-state index contributed by atoms with van der Waals surface area (Å²) in [6.45, 7) is 6.09. The lowest BCUT2D eigenvalue weighted by Gasteiger charge is -2.34. The maximum atomic E-state index is 11.5. The molecule has 0 aromatic rings. The molecule has 0 spiro atoms. The molecule has 66 valence electrons. The molecule has 2 rings (SSSR count). The van der Waals surface area contributed by atoms with E-state index in [0.29, 0.717) is 23.5 Å². The quantitative estimate of drug-likeness (QED) is 0.544. The van der Waals surface area contributed by atoms with Crippen LogP contribution in [0, 0.1) is 23.2 Å². The van der Waals surface area contributed by atoms with Crippen LogP contribution in [0.25, 0.3) is 0 Å². The summed E-state index contributed by atoms with van der Waals surface area (Å²) in [5.41, 5.74) is -0.0561. The van der Waals surface area contributed by atoms with Crippen LogP contribution in [-0.2, 0) is 4.79 Å². The average molecular weight is 164 g/mol. The molecule has 4 atom stereocenters. The van der Waals surface area contributed by atoms with Crippen LogP contribution in [0.5, 0.6) is 0 Å². The van der Waals surface area contributed by atoms with Crippen LogP contribution < -0.4 is 0 Å². The van der Waals surface area contributed by atoms with Gasteiger partial charge in [0.05, 0.1) is 0 Å². The zero-order chi connectivity index (χ0) is 8.93. The Hall–Kier alpha value is -0.590. The number of ketones is 1. The van der Waals surface area contributed by atoms with E-state index >= 15 is 0 Å². The number of allylic oxidation sites excluding steroid dienone is 2. The summed E-state index contributed by atoms with van der Waals surface area (Å²) in [5.74, 6) is 2.11. The van der Waals surface area contributed by atoms with Crippen molar-refractivity contribution in [3.8, 4) is 0 Å². The molecule has 2 bridgehead atoms. The highest BCUT2D eigenvalue weighted by Gasteiger charge is 2.53. The molecule has 0 aliphatic heterocycles. The molecule has 0 N–H and O–H groups in total. The first-order chi connectivity index (χ1) is 5.56. The predicted octanol–water partition coefficient (Wildman–Crippen LogP) is 2.42. The Bertz CT molecular complexity index is 254. The smallest absolute Gasteiger partial charge is 0.136 e. The molecule has 1 saturated carbocycles. The van der Waals surface area contributed by atoms with Crippen LogP contribution in [-0.4, -0.2) is 5.78 Å². The van der Waals surface area contributed by atoms with Crippen molar-refractivity contribution >= 4 is 5.78 Å². The van der Waals surface area contributed by atoms with E-state index in [1.165, 1.54) is 6.42 Å². The average Bonchev–Trinajstić information content (AvgIpc) is 2.55. The van der Waals surface area contributed by atoms with Crippen molar-refractivity contribution in [1.82, 2.24) is 0 Å². The van der Waals surface area contributed by atoms with Crippen molar-refractivity contribution in [2.45, 2.75) is 27.2 Å². The van der Waals surface area contributed by atoms with E-state index in [2.05, 4.69) is 26.0 Å². The van der Waals surface area contributed by atoms with Crippen LogP contribution in [0.2, 0.25) is 0 Å². The second-order valence-electron chi connectivity index (χ2n) is 4.52. The summed E-state index contributed by atoms with van der Waals surface area (Å²) in [5, 5.41) is 0. The Kier molecular flexibility index (Phi) is 1.48. The van der Waals surface area contributed by atoms with Gasteiger partial charge in [-0.25, -0.2) is 0 Å². The monoisotopic (exact) mass is 164 g/mol. The Morgan fingerprint density at radius 1 is 1.50 bits per heavy atom. The topological polar surface area (TPSA) is 17.1 Å².